The summed E-state index contributed by atoms with van der Waals surface area (Å²) < 4.78 is 17.2. The van der Waals surface area contributed by atoms with E-state index in [9.17, 15) is 9.90 Å². The van der Waals surface area contributed by atoms with Crippen molar-refractivity contribution in [2.75, 3.05) is 32.2 Å². The molecule has 0 unspecified atom stereocenters. The number of fused-ring (bicyclic) bond motifs is 1. The lowest BCUT2D eigenvalue weighted by molar-refractivity contribution is -0.132. The number of nitrogens with zero attached hydrogens (tertiary/aromatic N) is 2. The van der Waals surface area contributed by atoms with E-state index < -0.39 is 5.97 Å². The molecule has 9 nitrogen and oxygen atoms in total. The highest BCUT2D eigenvalue weighted by Gasteiger charge is 2.26. The molecule has 0 atom stereocenters. The molecule has 0 saturated carbocycles. The maximum absolute atomic E-state index is 11.5. The Labute approximate surface area is 246 Å². The lowest BCUT2D eigenvalue weighted by Crippen LogP contribution is -2.42. The Morgan fingerprint density at radius 2 is 2.00 bits per heavy atom. The van der Waals surface area contributed by atoms with Gasteiger partial charge in [-0.3, -0.25) is 4.90 Å². The Morgan fingerprint density at radius 3 is 2.74 bits per heavy atom. The number of benzene rings is 2. The molecule has 0 amide bonds. The third kappa shape index (κ3) is 6.48. The molecule has 1 aromatic heterocycles. The van der Waals surface area contributed by atoms with Crippen molar-refractivity contribution in [3.8, 4) is 17.0 Å². The number of methoxy groups -OCH3 is 1. The molecule has 42 heavy (non-hydrogen) atoms. The number of hydrogen-bond donors (Lipinski definition) is 3. The van der Waals surface area contributed by atoms with Crippen LogP contribution in [0, 0.1) is 19.3 Å². The van der Waals surface area contributed by atoms with Crippen LogP contribution in [-0.2, 0) is 33.8 Å². The topological polar surface area (TPSA) is 117 Å². The molecule has 2 aromatic carbocycles. The minimum atomic E-state index is -1.27. The quantitative estimate of drug-likeness (QED) is 0.167. The second-order valence-electron chi connectivity index (χ2n) is 10.8. The largest absolute Gasteiger partial charge is 0.488 e. The van der Waals surface area contributed by atoms with Crippen molar-refractivity contribution in [3.05, 3.63) is 87.8 Å². The van der Waals surface area contributed by atoms with E-state index >= 15 is 0 Å². The third-order valence-corrected chi connectivity index (χ3v) is 8.15. The average molecular weight is 571 g/mol. The standard InChI is InChI=1S/C33H38N4O5/c1-21-7-10-27(29-5-4-6-31(35-29)36-32(40-3)28(18-34)33(38)39)30(17-21)42-20-24-9-8-23-19-37(14-11-26(23)22(24)2)25-12-15-41-16-13-25/h4-10,17-18,25,34H,11-16,19-20H2,1-3H3,(H,35,36)(H,38,39)/b32-28-,34-18?. The van der Waals surface area contributed by atoms with Gasteiger partial charge in [-0.15, -0.1) is 0 Å². The Hall–Kier alpha value is -4.21. The van der Waals surface area contributed by atoms with Crippen molar-refractivity contribution < 1.29 is 24.1 Å². The SMILES string of the molecule is CO/C(Nc1cccc(-c2ccc(C)cc2OCc2ccc3c(c2C)CCN(C2CCOCC2)C3)n1)=C(/C=N)C(=O)O. The molecule has 3 N–H and O–H groups in total. The Balaban J connectivity index is 1.34. The first-order valence-corrected chi connectivity index (χ1v) is 14.3. The number of nitrogens with one attached hydrogen (secondary N) is 2. The highest BCUT2D eigenvalue weighted by atomic mass is 16.5. The van der Waals surface area contributed by atoms with Crippen LogP contribution in [0.25, 0.3) is 11.3 Å². The van der Waals surface area contributed by atoms with Crippen LogP contribution in [0.5, 0.6) is 5.75 Å². The summed E-state index contributed by atoms with van der Waals surface area (Å²) in [4.78, 5) is 18.8. The molecule has 0 radical (unpaired) electrons. The molecular formula is C33H38N4O5. The number of aromatic nitrogens is 1. The third-order valence-electron chi connectivity index (χ3n) is 8.15. The Kier molecular flexibility index (Phi) is 9.19. The summed E-state index contributed by atoms with van der Waals surface area (Å²) in [5.41, 5.74) is 7.58. The van der Waals surface area contributed by atoms with Crippen LogP contribution in [0.4, 0.5) is 5.82 Å². The van der Waals surface area contributed by atoms with Gasteiger partial charge in [0.25, 0.3) is 0 Å². The van der Waals surface area contributed by atoms with Crippen molar-refractivity contribution in [1.82, 2.24) is 9.88 Å². The molecule has 2 aliphatic heterocycles. The second-order valence-corrected chi connectivity index (χ2v) is 10.8. The molecule has 1 saturated heterocycles. The van der Waals surface area contributed by atoms with Gasteiger partial charge >= 0.3 is 5.97 Å². The van der Waals surface area contributed by atoms with Crippen molar-refractivity contribution in [2.24, 2.45) is 0 Å². The summed E-state index contributed by atoms with van der Waals surface area (Å²) in [5, 5.41) is 19.7. The molecule has 9 heteroatoms. The lowest BCUT2D eigenvalue weighted by atomic mass is 9.90. The predicted molar refractivity (Wildman–Crippen MR) is 162 cm³/mol. The van der Waals surface area contributed by atoms with E-state index in [0.717, 1.165) is 68.7 Å². The van der Waals surface area contributed by atoms with E-state index in [1.165, 1.54) is 29.4 Å². The van der Waals surface area contributed by atoms with E-state index in [4.69, 9.17) is 19.6 Å². The fraction of sp³-hybridized carbons (Fsp3) is 0.364. The number of anilines is 1. The molecule has 3 aromatic rings. The number of aliphatic carboxylic acids is 1. The fourth-order valence-corrected chi connectivity index (χ4v) is 5.77. The van der Waals surface area contributed by atoms with Gasteiger partial charge in [0.2, 0.25) is 5.88 Å². The van der Waals surface area contributed by atoms with E-state index in [1.807, 2.05) is 37.3 Å². The summed E-state index contributed by atoms with van der Waals surface area (Å²) in [6, 6.07) is 16.5. The first-order chi connectivity index (χ1) is 20.4. The van der Waals surface area contributed by atoms with Gasteiger partial charge in [0, 0.05) is 44.1 Å². The van der Waals surface area contributed by atoms with E-state index in [-0.39, 0.29) is 11.5 Å². The van der Waals surface area contributed by atoms with Crippen LogP contribution in [0.1, 0.15) is 40.7 Å². The van der Waals surface area contributed by atoms with Gasteiger partial charge in [0.15, 0.2) is 0 Å². The van der Waals surface area contributed by atoms with Crippen LogP contribution >= 0.6 is 0 Å². The Morgan fingerprint density at radius 1 is 1.19 bits per heavy atom. The highest BCUT2D eigenvalue weighted by Crippen LogP contribution is 2.33. The molecule has 3 heterocycles. The summed E-state index contributed by atoms with van der Waals surface area (Å²) in [6.07, 6.45) is 4.01. The van der Waals surface area contributed by atoms with Crippen molar-refractivity contribution in [2.45, 2.75) is 52.3 Å². The van der Waals surface area contributed by atoms with Gasteiger partial charge in [0.1, 0.15) is 23.7 Å². The number of carbonyl (C=O) groups is 1. The van der Waals surface area contributed by atoms with Crippen LogP contribution in [-0.4, -0.2) is 60.1 Å². The van der Waals surface area contributed by atoms with Crippen LogP contribution in [0.15, 0.2) is 60.0 Å². The molecule has 0 bridgehead atoms. The zero-order chi connectivity index (χ0) is 29.6. The fourth-order valence-electron chi connectivity index (χ4n) is 5.77. The number of carboxylic acid groups (broad SMARTS) is 1. The summed E-state index contributed by atoms with van der Waals surface area (Å²) in [7, 11) is 1.34. The van der Waals surface area contributed by atoms with Crippen molar-refractivity contribution >= 4 is 18.0 Å². The minimum absolute atomic E-state index is 0.0682. The second kappa shape index (κ2) is 13.2. The monoisotopic (exact) mass is 570 g/mol. The molecular weight excluding hydrogens is 532 g/mol. The van der Waals surface area contributed by atoms with Crippen LogP contribution < -0.4 is 10.1 Å². The number of ether oxygens (including phenoxy) is 3. The zero-order valence-electron chi connectivity index (χ0n) is 24.4. The number of aryl methyl sites for hydroxylation is 1. The average Bonchev–Trinajstić information content (AvgIpc) is 3.01. The maximum atomic E-state index is 11.5. The molecule has 2 aliphatic rings. The number of hydrogen-bond acceptors (Lipinski definition) is 8. The smallest absolute Gasteiger partial charge is 0.342 e. The van der Waals surface area contributed by atoms with E-state index in [0.29, 0.717) is 24.2 Å². The van der Waals surface area contributed by atoms with Gasteiger partial charge in [-0.25, -0.2) is 9.78 Å². The first-order valence-electron chi connectivity index (χ1n) is 14.3. The molecule has 5 rings (SSSR count). The van der Waals surface area contributed by atoms with Crippen LogP contribution in [0.2, 0.25) is 0 Å². The van der Waals surface area contributed by atoms with Gasteiger partial charge in [-0.1, -0.05) is 24.3 Å². The molecule has 220 valence electrons. The minimum Gasteiger partial charge on any atom is -0.488 e. The molecule has 0 spiro atoms. The summed E-state index contributed by atoms with van der Waals surface area (Å²) in [5.74, 6) is -0.234. The molecule has 0 aliphatic carbocycles. The predicted octanol–water partition coefficient (Wildman–Crippen LogP) is 5.49. The number of carboxylic acids is 1. The van der Waals surface area contributed by atoms with Gasteiger partial charge < -0.3 is 30.0 Å². The van der Waals surface area contributed by atoms with Crippen molar-refractivity contribution in [3.63, 3.8) is 0 Å². The normalized spacial score (nSPS) is 16.3. The molecule has 1 fully saturated rings. The van der Waals surface area contributed by atoms with Gasteiger partial charge in [-0.05, 0) is 85.2 Å². The van der Waals surface area contributed by atoms with Crippen molar-refractivity contribution in [1.29, 1.82) is 5.41 Å². The van der Waals surface area contributed by atoms with Gasteiger partial charge in [0.05, 0.1) is 12.8 Å². The van der Waals surface area contributed by atoms with Crippen LogP contribution in [0.3, 0.4) is 0 Å². The summed E-state index contributed by atoms with van der Waals surface area (Å²) in [6.45, 7) is 8.47. The number of pyridine rings is 1. The lowest BCUT2D eigenvalue weighted by Gasteiger charge is -2.38. The zero-order valence-corrected chi connectivity index (χ0v) is 24.4. The Bertz CT molecular complexity index is 1500. The number of rotatable bonds is 10. The van der Waals surface area contributed by atoms with Gasteiger partial charge in [-0.2, -0.15) is 0 Å². The first kappa shape index (κ1) is 29.3. The maximum Gasteiger partial charge on any atom is 0.342 e. The van der Waals surface area contributed by atoms with E-state index in [2.05, 4.69) is 34.3 Å². The van der Waals surface area contributed by atoms with E-state index in [1.54, 1.807) is 6.07 Å². The highest BCUT2D eigenvalue weighted by molar-refractivity contribution is 6.08. The summed E-state index contributed by atoms with van der Waals surface area (Å²) >= 11 is 0.